The number of nitrogens with one attached hydrogen (secondary N) is 1. The molecule has 1 N–H and O–H groups in total. The average Bonchev–Trinajstić information content (AvgIpc) is 2.77. The van der Waals surface area contributed by atoms with Gasteiger partial charge < -0.3 is 14.8 Å². The van der Waals surface area contributed by atoms with Gasteiger partial charge in [0, 0.05) is 11.9 Å². The lowest BCUT2D eigenvalue weighted by atomic mass is 10.0. The van der Waals surface area contributed by atoms with Gasteiger partial charge in [0.05, 0.1) is 13.7 Å². The van der Waals surface area contributed by atoms with Crippen molar-refractivity contribution in [1.82, 2.24) is 5.32 Å². The van der Waals surface area contributed by atoms with Gasteiger partial charge in [0.25, 0.3) is 5.91 Å². The Balaban J connectivity index is 1.82. The summed E-state index contributed by atoms with van der Waals surface area (Å²) in [6.45, 7) is 2.83. The van der Waals surface area contributed by atoms with Gasteiger partial charge in [0.15, 0.2) is 0 Å². The van der Waals surface area contributed by atoms with Crippen molar-refractivity contribution in [1.29, 1.82) is 5.26 Å². The molecule has 5 nitrogen and oxygen atoms in total. The number of benzene rings is 3. The third-order valence-electron chi connectivity index (χ3n) is 4.49. The monoisotopic (exact) mass is 386 g/mol. The molecule has 0 saturated heterocycles. The van der Waals surface area contributed by atoms with Crippen molar-refractivity contribution in [3.63, 3.8) is 0 Å². The molecule has 3 rings (SSSR count). The molecular weight excluding hydrogens is 364 g/mol. The molecule has 146 valence electrons. The lowest BCUT2D eigenvalue weighted by Crippen LogP contribution is -2.23. The minimum absolute atomic E-state index is 0.0489. The summed E-state index contributed by atoms with van der Waals surface area (Å²) in [5, 5.41) is 14.2. The molecule has 5 heteroatoms. The second kappa shape index (κ2) is 9.43. The second-order valence-electron chi connectivity index (χ2n) is 6.33. The van der Waals surface area contributed by atoms with Crippen LogP contribution in [0.3, 0.4) is 0 Å². The molecule has 1 amide bonds. The van der Waals surface area contributed by atoms with Gasteiger partial charge in [0.1, 0.15) is 23.1 Å². The first-order chi connectivity index (χ1) is 14.2. The van der Waals surface area contributed by atoms with Crippen molar-refractivity contribution in [2.24, 2.45) is 0 Å². The number of amides is 1. The fourth-order valence-electron chi connectivity index (χ4n) is 3.03. The molecule has 3 aromatic rings. The number of hydrogen-bond donors (Lipinski definition) is 1. The summed E-state index contributed by atoms with van der Waals surface area (Å²) in [6, 6.07) is 20.9. The van der Waals surface area contributed by atoms with Crippen LogP contribution in [0, 0.1) is 11.3 Å². The molecule has 0 aliphatic heterocycles. The van der Waals surface area contributed by atoms with E-state index in [0.29, 0.717) is 13.2 Å². The minimum Gasteiger partial charge on any atom is -0.497 e. The maximum Gasteiger partial charge on any atom is 0.262 e. The van der Waals surface area contributed by atoms with E-state index >= 15 is 0 Å². The Hall–Kier alpha value is -3.78. The molecule has 0 radical (unpaired) electrons. The van der Waals surface area contributed by atoms with Crippen molar-refractivity contribution < 1.29 is 14.3 Å². The molecule has 0 aromatic heterocycles. The Labute approximate surface area is 170 Å². The normalized spacial score (nSPS) is 11.0. The zero-order valence-corrected chi connectivity index (χ0v) is 16.4. The topological polar surface area (TPSA) is 71.3 Å². The van der Waals surface area contributed by atoms with Crippen LogP contribution in [-0.2, 0) is 11.3 Å². The highest BCUT2D eigenvalue weighted by atomic mass is 16.5. The highest BCUT2D eigenvalue weighted by Gasteiger charge is 2.11. The maximum absolute atomic E-state index is 12.5. The van der Waals surface area contributed by atoms with E-state index < -0.39 is 5.91 Å². The Morgan fingerprint density at radius 3 is 2.45 bits per heavy atom. The molecule has 0 fully saturated rings. The number of rotatable bonds is 7. The Morgan fingerprint density at radius 2 is 1.79 bits per heavy atom. The lowest BCUT2D eigenvalue weighted by molar-refractivity contribution is -0.117. The van der Waals surface area contributed by atoms with Gasteiger partial charge in [-0.15, -0.1) is 0 Å². The van der Waals surface area contributed by atoms with Crippen molar-refractivity contribution >= 4 is 22.8 Å². The van der Waals surface area contributed by atoms with Crippen LogP contribution in [0.25, 0.3) is 16.8 Å². The van der Waals surface area contributed by atoms with Gasteiger partial charge in [0.2, 0.25) is 0 Å². The number of hydrogen-bond acceptors (Lipinski definition) is 4. The summed E-state index contributed by atoms with van der Waals surface area (Å²) in [7, 11) is 1.60. The number of fused-ring (bicyclic) bond motifs is 1. The van der Waals surface area contributed by atoms with E-state index in [-0.39, 0.29) is 5.57 Å². The summed E-state index contributed by atoms with van der Waals surface area (Å²) < 4.78 is 10.8. The zero-order chi connectivity index (χ0) is 20.6. The van der Waals surface area contributed by atoms with Crippen LogP contribution in [0.15, 0.2) is 66.2 Å². The Bertz CT molecular complexity index is 1080. The van der Waals surface area contributed by atoms with Crippen molar-refractivity contribution in [2.45, 2.75) is 13.5 Å². The van der Waals surface area contributed by atoms with Crippen LogP contribution in [0.5, 0.6) is 11.5 Å². The number of nitriles is 1. The Kier molecular flexibility index (Phi) is 6.49. The molecule has 0 aliphatic carbocycles. The van der Waals surface area contributed by atoms with Gasteiger partial charge in [-0.2, -0.15) is 5.26 Å². The number of nitrogens with zero attached hydrogens (tertiary/aromatic N) is 1. The number of methoxy groups -OCH3 is 1. The number of carbonyl (C=O) groups is 1. The van der Waals surface area contributed by atoms with Gasteiger partial charge in [-0.25, -0.2) is 0 Å². The number of ether oxygens (including phenoxy) is 2. The summed E-state index contributed by atoms with van der Waals surface area (Å²) in [6.07, 6.45) is 1.61. The minimum atomic E-state index is -0.415. The van der Waals surface area contributed by atoms with Crippen LogP contribution < -0.4 is 14.8 Å². The zero-order valence-electron chi connectivity index (χ0n) is 16.4. The van der Waals surface area contributed by atoms with Crippen LogP contribution in [0.2, 0.25) is 0 Å². The molecule has 3 aromatic carbocycles. The van der Waals surface area contributed by atoms with E-state index in [1.54, 1.807) is 13.2 Å². The molecule has 0 atom stereocenters. The van der Waals surface area contributed by atoms with E-state index in [2.05, 4.69) is 5.32 Å². The molecule has 0 bridgehead atoms. The SMILES string of the molecule is CCOc1ccc(/C=C(/C#N)C(=O)NCc2ccc(OC)cc2)c2ccccc12. The molecule has 0 spiro atoms. The first-order valence-electron chi connectivity index (χ1n) is 9.33. The van der Waals surface area contributed by atoms with Crippen molar-refractivity contribution in [3.05, 3.63) is 77.4 Å². The van der Waals surface area contributed by atoms with E-state index in [9.17, 15) is 10.1 Å². The largest absolute Gasteiger partial charge is 0.497 e. The van der Waals surface area contributed by atoms with Gasteiger partial charge in [-0.3, -0.25) is 4.79 Å². The fourth-order valence-corrected chi connectivity index (χ4v) is 3.03. The van der Waals surface area contributed by atoms with E-state index in [0.717, 1.165) is 33.4 Å². The summed E-state index contributed by atoms with van der Waals surface area (Å²) >= 11 is 0. The molecular formula is C24H22N2O3. The molecule has 0 heterocycles. The summed E-state index contributed by atoms with van der Waals surface area (Å²) in [5.74, 6) is 1.11. The Morgan fingerprint density at radius 1 is 1.07 bits per heavy atom. The predicted molar refractivity (Wildman–Crippen MR) is 114 cm³/mol. The third-order valence-corrected chi connectivity index (χ3v) is 4.49. The average molecular weight is 386 g/mol. The summed E-state index contributed by atoms with van der Waals surface area (Å²) in [4.78, 5) is 12.5. The molecule has 0 unspecified atom stereocenters. The molecule has 0 saturated carbocycles. The summed E-state index contributed by atoms with van der Waals surface area (Å²) in [5.41, 5.74) is 1.76. The standard InChI is InChI=1S/C24H22N2O3/c1-3-29-23-13-10-18(21-6-4-5-7-22(21)23)14-19(15-25)24(27)26-16-17-8-11-20(28-2)12-9-17/h4-14H,3,16H2,1-2H3,(H,26,27)/b19-14-. The number of carbonyl (C=O) groups excluding carboxylic acids is 1. The molecule has 0 aliphatic rings. The van der Waals surface area contributed by atoms with E-state index in [4.69, 9.17) is 9.47 Å². The van der Waals surface area contributed by atoms with Crippen LogP contribution in [-0.4, -0.2) is 19.6 Å². The third kappa shape index (κ3) is 4.74. The first kappa shape index (κ1) is 20.0. The van der Waals surface area contributed by atoms with E-state index in [1.807, 2.05) is 73.7 Å². The fraction of sp³-hybridized carbons (Fsp3) is 0.167. The van der Waals surface area contributed by atoms with Gasteiger partial charge in [-0.1, -0.05) is 42.5 Å². The smallest absolute Gasteiger partial charge is 0.262 e. The van der Waals surface area contributed by atoms with Crippen molar-refractivity contribution in [2.75, 3.05) is 13.7 Å². The molecule has 29 heavy (non-hydrogen) atoms. The van der Waals surface area contributed by atoms with Crippen LogP contribution in [0.1, 0.15) is 18.1 Å². The first-order valence-corrected chi connectivity index (χ1v) is 9.33. The lowest BCUT2D eigenvalue weighted by Gasteiger charge is -2.10. The highest BCUT2D eigenvalue weighted by Crippen LogP contribution is 2.29. The van der Waals surface area contributed by atoms with Gasteiger partial charge in [-0.05, 0) is 47.7 Å². The van der Waals surface area contributed by atoms with Crippen LogP contribution in [0.4, 0.5) is 0 Å². The maximum atomic E-state index is 12.5. The van der Waals surface area contributed by atoms with Crippen LogP contribution >= 0.6 is 0 Å². The second-order valence-corrected chi connectivity index (χ2v) is 6.33. The predicted octanol–water partition coefficient (Wildman–Crippen LogP) is 4.47. The highest BCUT2D eigenvalue weighted by molar-refractivity contribution is 6.04. The van der Waals surface area contributed by atoms with E-state index in [1.165, 1.54) is 0 Å². The van der Waals surface area contributed by atoms with Gasteiger partial charge >= 0.3 is 0 Å². The quantitative estimate of drug-likeness (QED) is 0.480. The van der Waals surface area contributed by atoms with Crippen molar-refractivity contribution in [3.8, 4) is 17.6 Å².